The van der Waals surface area contributed by atoms with Gasteiger partial charge < -0.3 is 4.74 Å². The van der Waals surface area contributed by atoms with Crippen LogP contribution in [-0.4, -0.2) is 0 Å². The molecular formula is C18H22O. The first-order chi connectivity index (χ1) is 9.19. The van der Waals surface area contributed by atoms with Gasteiger partial charge in [-0.15, -0.1) is 0 Å². The normalized spacial score (nSPS) is 10.7. The summed E-state index contributed by atoms with van der Waals surface area (Å²) in [5.41, 5.74) is 3.93. The zero-order valence-electron chi connectivity index (χ0n) is 12.0. The molecule has 2 rings (SSSR count). The first kappa shape index (κ1) is 13.7. The van der Waals surface area contributed by atoms with E-state index in [1.807, 2.05) is 0 Å². The van der Waals surface area contributed by atoms with Crippen molar-refractivity contribution < 1.29 is 4.74 Å². The topological polar surface area (TPSA) is 9.23 Å². The maximum Gasteiger partial charge on any atom is 0.119 e. The van der Waals surface area contributed by atoms with Gasteiger partial charge in [0, 0.05) is 0 Å². The Morgan fingerprint density at radius 3 is 1.95 bits per heavy atom. The van der Waals surface area contributed by atoms with Crippen LogP contribution in [0.5, 0.6) is 5.75 Å². The molecule has 1 heteroatoms. The summed E-state index contributed by atoms with van der Waals surface area (Å²) in [4.78, 5) is 0. The summed E-state index contributed by atoms with van der Waals surface area (Å²) in [5, 5.41) is 0. The number of aryl methyl sites for hydroxylation is 1. The molecule has 0 radical (unpaired) electrons. The molecule has 19 heavy (non-hydrogen) atoms. The molecule has 0 spiro atoms. The Balaban J connectivity index is 1.94. The van der Waals surface area contributed by atoms with Gasteiger partial charge in [0.1, 0.15) is 12.4 Å². The molecular weight excluding hydrogens is 232 g/mol. The third-order valence-electron chi connectivity index (χ3n) is 3.38. The number of hydrogen-bond donors (Lipinski definition) is 0. The highest BCUT2D eigenvalue weighted by Gasteiger charge is 2.00. The predicted molar refractivity (Wildman–Crippen MR) is 80.7 cm³/mol. The van der Waals surface area contributed by atoms with Crippen LogP contribution in [0.15, 0.2) is 48.5 Å². The summed E-state index contributed by atoms with van der Waals surface area (Å²) in [7, 11) is 0. The van der Waals surface area contributed by atoms with Crippen LogP contribution in [-0.2, 0) is 13.0 Å². The van der Waals surface area contributed by atoms with Crippen LogP contribution in [0.1, 0.15) is 43.4 Å². The molecule has 0 amide bonds. The quantitative estimate of drug-likeness (QED) is 0.733. The Morgan fingerprint density at radius 1 is 0.842 bits per heavy atom. The van der Waals surface area contributed by atoms with Gasteiger partial charge >= 0.3 is 0 Å². The molecule has 0 fully saturated rings. The van der Waals surface area contributed by atoms with Crippen LogP contribution in [0.4, 0.5) is 0 Å². The molecule has 2 aromatic carbocycles. The molecule has 0 bridgehead atoms. The maximum atomic E-state index is 5.80. The molecule has 100 valence electrons. The lowest BCUT2D eigenvalue weighted by Gasteiger charge is -2.09. The third-order valence-corrected chi connectivity index (χ3v) is 3.38. The van der Waals surface area contributed by atoms with Gasteiger partial charge in [0.25, 0.3) is 0 Å². The fraction of sp³-hybridized carbons (Fsp3) is 0.333. The minimum atomic E-state index is 0.565. The average molecular weight is 254 g/mol. The van der Waals surface area contributed by atoms with E-state index in [-0.39, 0.29) is 0 Å². The summed E-state index contributed by atoms with van der Waals surface area (Å²) in [6.07, 6.45) is 1.08. The molecule has 0 aliphatic heterocycles. The van der Waals surface area contributed by atoms with E-state index < -0.39 is 0 Å². The highest BCUT2D eigenvalue weighted by molar-refractivity contribution is 5.29. The van der Waals surface area contributed by atoms with Crippen LogP contribution in [0.3, 0.4) is 0 Å². The van der Waals surface area contributed by atoms with Gasteiger partial charge in [-0.1, -0.05) is 57.2 Å². The second-order valence-corrected chi connectivity index (χ2v) is 5.18. The smallest absolute Gasteiger partial charge is 0.119 e. The van der Waals surface area contributed by atoms with Crippen molar-refractivity contribution in [3.8, 4) is 5.75 Å². The SMILES string of the molecule is CCc1ccc(COc2ccc(C(C)C)cc2)cc1. The predicted octanol–water partition coefficient (Wildman–Crippen LogP) is 4.95. The van der Waals surface area contributed by atoms with E-state index >= 15 is 0 Å². The standard InChI is InChI=1S/C18H22O/c1-4-15-5-7-16(8-6-15)13-19-18-11-9-17(10-12-18)14(2)3/h5-12,14H,4,13H2,1-3H3. The fourth-order valence-electron chi connectivity index (χ4n) is 1.99. The zero-order chi connectivity index (χ0) is 13.7. The zero-order valence-corrected chi connectivity index (χ0v) is 12.0. The average Bonchev–Trinajstić information content (AvgIpc) is 2.46. The number of hydrogen-bond acceptors (Lipinski definition) is 1. The first-order valence-corrected chi connectivity index (χ1v) is 6.99. The lowest BCUT2D eigenvalue weighted by molar-refractivity contribution is 0.306. The van der Waals surface area contributed by atoms with Crippen molar-refractivity contribution >= 4 is 0 Å². The van der Waals surface area contributed by atoms with Crippen LogP contribution in [0.25, 0.3) is 0 Å². The van der Waals surface area contributed by atoms with Crippen LogP contribution in [0, 0.1) is 0 Å². The van der Waals surface area contributed by atoms with Gasteiger partial charge in [-0.25, -0.2) is 0 Å². The van der Waals surface area contributed by atoms with Crippen molar-refractivity contribution in [1.82, 2.24) is 0 Å². The Morgan fingerprint density at radius 2 is 1.42 bits per heavy atom. The van der Waals surface area contributed by atoms with Crippen LogP contribution < -0.4 is 4.74 Å². The summed E-state index contributed by atoms with van der Waals surface area (Å²) >= 11 is 0. The van der Waals surface area contributed by atoms with Gasteiger partial charge in [-0.05, 0) is 41.2 Å². The highest BCUT2D eigenvalue weighted by Crippen LogP contribution is 2.19. The van der Waals surface area contributed by atoms with Crippen molar-refractivity contribution in [1.29, 1.82) is 0 Å². The van der Waals surface area contributed by atoms with Gasteiger partial charge in [0.15, 0.2) is 0 Å². The summed E-state index contributed by atoms with van der Waals surface area (Å²) < 4.78 is 5.80. The molecule has 0 aliphatic carbocycles. The van der Waals surface area contributed by atoms with Crippen molar-refractivity contribution in [2.45, 2.75) is 39.7 Å². The van der Waals surface area contributed by atoms with Crippen molar-refractivity contribution in [3.05, 3.63) is 65.2 Å². The fourth-order valence-corrected chi connectivity index (χ4v) is 1.99. The maximum absolute atomic E-state index is 5.80. The molecule has 0 unspecified atom stereocenters. The van der Waals surface area contributed by atoms with E-state index in [2.05, 4.69) is 69.3 Å². The third kappa shape index (κ3) is 3.85. The van der Waals surface area contributed by atoms with Crippen molar-refractivity contribution in [3.63, 3.8) is 0 Å². The Kier molecular flexibility index (Phi) is 4.62. The van der Waals surface area contributed by atoms with Gasteiger partial charge in [0.05, 0.1) is 0 Å². The van der Waals surface area contributed by atoms with Crippen molar-refractivity contribution in [2.24, 2.45) is 0 Å². The van der Waals surface area contributed by atoms with E-state index in [1.165, 1.54) is 16.7 Å². The van der Waals surface area contributed by atoms with E-state index in [4.69, 9.17) is 4.74 Å². The van der Waals surface area contributed by atoms with Gasteiger partial charge in [-0.2, -0.15) is 0 Å². The van der Waals surface area contributed by atoms with E-state index in [0.717, 1.165) is 12.2 Å². The Hall–Kier alpha value is -1.76. The van der Waals surface area contributed by atoms with Crippen LogP contribution >= 0.6 is 0 Å². The Labute approximate surface area is 116 Å². The second-order valence-electron chi connectivity index (χ2n) is 5.18. The van der Waals surface area contributed by atoms with Crippen LogP contribution in [0.2, 0.25) is 0 Å². The molecule has 0 saturated heterocycles. The first-order valence-electron chi connectivity index (χ1n) is 6.99. The molecule has 0 atom stereocenters. The number of rotatable bonds is 5. The number of ether oxygens (including phenoxy) is 1. The summed E-state index contributed by atoms with van der Waals surface area (Å²) in [6.45, 7) is 7.20. The van der Waals surface area contributed by atoms with E-state index in [1.54, 1.807) is 0 Å². The lowest BCUT2D eigenvalue weighted by Crippen LogP contribution is -1.96. The highest BCUT2D eigenvalue weighted by atomic mass is 16.5. The van der Waals surface area contributed by atoms with Gasteiger partial charge in [0.2, 0.25) is 0 Å². The van der Waals surface area contributed by atoms with Crippen molar-refractivity contribution in [2.75, 3.05) is 0 Å². The summed E-state index contributed by atoms with van der Waals surface area (Å²) in [5.74, 6) is 1.50. The van der Waals surface area contributed by atoms with E-state index in [0.29, 0.717) is 12.5 Å². The molecule has 0 saturated carbocycles. The second kappa shape index (κ2) is 6.42. The largest absolute Gasteiger partial charge is 0.489 e. The molecule has 2 aromatic rings. The van der Waals surface area contributed by atoms with Gasteiger partial charge in [-0.3, -0.25) is 0 Å². The molecule has 0 heterocycles. The number of benzene rings is 2. The lowest BCUT2D eigenvalue weighted by atomic mass is 10.0. The monoisotopic (exact) mass is 254 g/mol. The molecule has 0 N–H and O–H groups in total. The summed E-state index contributed by atoms with van der Waals surface area (Å²) in [6, 6.07) is 17.0. The minimum absolute atomic E-state index is 0.565. The minimum Gasteiger partial charge on any atom is -0.489 e. The molecule has 0 aromatic heterocycles. The molecule has 0 aliphatic rings. The Bertz CT molecular complexity index is 494. The molecule has 1 nitrogen and oxygen atoms in total. The van der Waals surface area contributed by atoms with E-state index in [9.17, 15) is 0 Å².